The van der Waals surface area contributed by atoms with Gasteiger partial charge in [-0.3, -0.25) is 14.5 Å². The van der Waals surface area contributed by atoms with Gasteiger partial charge in [-0.05, 0) is 57.4 Å². The van der Waals surface area contributed by atoms with E-state index in [0.29, 0.717) is 44.9 Å². The van der Waals surface area contributed by atoms with Crippen LogP contribution in [0.4, 0.5) is 0 Å². The number of nitrogens with zero attached hydrogens (tertiary/aromatic N) is 3. The highest BCUT2D eigenvalue weighted by Gasteiger charge is 2.38. The number of piperidine rings is 1. The summed E-state index contributed by atoms with van der Waals surface area (Å²) in [5, 5.41) is 12.8. The van der Waals surface area contributed by atoms with E-state index < -0.39 is 0 Å². The summed E-state index contributed by atoms with van der Waals surface area (Å²) < 4.78 is 1.96. The van der Waals surface area contributed by atoms with Gasteiger partial charge in [-0.1, -0.05) is 0 Å². The Morgan fingerprint density at radius 3 is 2.43 bits per heavy atom. The van der Waals surface area contributed by atoms with E-state index in [1.54, 1.807) is 0 Å². The van der Waals surface area contributed by atoms with Gasteiger partial charge >= 0.3 is 0 Å². The number of aryl methyl sites for hydroxylation is 1. The van der Waals surface area contributed by atoms with Crippen molar-refractivity contribution in [3.05, 3.63) is 23.5 Å². The number of amides is 2. The van der Waals surface area contributed by atoms with Gasteiger partial charge in [0.05, 0.1) is 11.7 Å². The van der Waals surface area contributed by atoms with E-state index in [1.165, 1.54) is 12.8 Å². The van der Waals surface area contributed by atoms with E-state index in [9.17, 15) is 14.7 Å². The summed E-state index contributed by atoms with van der Waals surface area (Å²) in [6, 6.07) is 2.45. The summed E-state index contributed by atoms with van der Waals surface area (Å²) in [6.45, 7) is 4.99. The molecule has 0 bridgehead atoms. The lowest BCUT2D eigenvalue weighted by atomic mass is 10.1. The highest BCUT2D eigenvalue weighted by Crippen LogP contribution is 2.35. The molecular formula is C23H36N4O3. The molecule has 0 spiro atoms. The highest BCUT2D eigenvalue weighted by molar-refractivity contribution is 5.95. The molecule has 4 rings (SSSR count). The molecule has 2 atom stereocenters. The standard InChI is InChI=1S/C23H36N4O3/c1-16-21(9-10-25(16)2)23(30)24-14-19-6-5-18(27(19)15-17-3-4-17)13-22(29)26-11-7-20(28)8-12-26/h9-10,17-20,28H,3-8,11-15H2,1-2H3,(H,24,30)/t18-,19+/m1/s1. The second kappa shape index (κ2) is 9.10. The van der Waals surface area contributed by atoms with E-state index in [0.717, 1.165) is 36.6 Å². The number of hydrogen-bond donors (Lipinski definition) is 2. The Labute approximate surface area is 179 Å². The molecule has 30 heavy (non-hydrogen) atoms. The van der Waals surface area contributed by atoms with Gasteiger partial charge < -0.3 is 19.9 Å². The van der Waals surface area contributed by atoms with Gasteiger partial charge in [0, 0.05) is 63.6 Å². The molecule has 2 saturated heterocycles. The first-order valence-electron chi connectivity index (χ1n) is 11.5. The lowest BCUT2D eigenvalue weighted by Crippen LogP contribution is -2.47. The molecule has 3 aliphatic rings. The highest BCUT2D eigenvalue weighted by atomic mass is 16.3. The molecule has 0 radical (unpaired) electrons. The molecule has 2 amide bonds. The van der Waals surface area contributed by atoms with Gasteiger partial charge in [0.1, 0.15) is 0 Å². The fourth-order valence-electron chi connectivity index (χ4n) is 4.95. The number of hydrogen-bond acceptors (Lipinski definition) is 4. The van der Waals surface area contributed by atoms with Crippen molar-refractivity contribution in [1.29, 1.82) is 0 Å². The Hall–Kier alpha value is -1.86. The summed E-state index contributed by atoms with van der Waals surface area (Å²) in [6.07, 6.45) is 8.20. The monoisotopic (exact) mass is 416 g/mol. The van der Waals surface area contributed by atoms with Crippen LogP contribution in [0.25, 0.3) is 0 Å². The van der Waals surface area contributed by atoms with Crippen LogP contribution in [0.2, 0.25) is 0 Å². The number of aliphatic hydroxyl groups excluding tert-OH is 1. The van der Waals surface area contributed by atoms with E-state index >= 15 is 0 Å². The third-order valence-electron chi connectivity index (χ3n) is 7.29. The zero-order valence-corrected chi connectivity index (χ0v) is 18.3. The van der Waals surface area contributed by atoms with Crippen molar-refractivity contribution in [3.63, 3.8) is 0 Å². The molecule has 7 nitrogen and oxygen atoms in total. The van der Waals surface area contributed by atoms with Crippen molar-refractivity contribution in [2.24, 2.45) is 13.0 Å². The summed E-state index contributed by atoms with van der Waals surface area (Å²) in [4.78, 5) is 29.9. The van der Waals surface area contributed by atoms with Crippen LogP contribution < -0.4 is 5.32 Å². The first kappa shape index (κ1) is 21.4. The molecule has 2 aliphatic heterocycles. The van der Waals surface area contributed by atoms with Crippen molar-refractivity contribution in [1.82, 2.24) is 19.7 Å². The fraction of sp³-hybridized carbons (Fsp3) is 0.739. The second-order valence-corrected chi connectivity index (χ2v) is 9.48. The lowest BCUT2D eigenvalue weighted by Gasteiger charge is -2.33. The third-order valence-corrected chi connectivity index (χ3v) is 7.29. The quantitative estimate of drug-likeness (QED) is 0.709. The van der Waals surface area contributed by atoms with Crippen LogP contribution in [0.5, 0.6) is 0 Å². The van der Waals surface area contributed by atoms with Crippen molar-refractivity contribution in [2.45, 2.75) is 70.1 Å². The van der Waals surface area contributed by atoms with Crippen molar-refractivity contribution in [3.8, 4) is 0 Å². The Morgan fingerprint density at radius 1 is 1.10 bits per heavy atom. The van der Waals surface area contributed by atoms with Crippen LogP contribution in [0.3, 0.4) is 0 Å². The number of aliphatic hydroxyl groups is 1. The third kappa shape index (κ3) is 4.89. The summed E-state index contributed by atoms with van der Waals surface area (Å²) in [5.41, 5.74) is 1.71. The Balaban J connectivity index is 1.33. The van der Waals surface area contributed by atoms with Crippen LogP contribution in [0.1, 0.15) is 61.0 Å². The summed E-state index contributed by atoms with van der Waals surface area (Å²) >= 11 is 0. The van der Waals surface area contributed by atoms with Crippen LogP contribution >= 0.6 is 0 Å². The number of rotatable bonds is 7. The molecule has 2 N–H and O–H groups in total. The molecular weight excluding hydrogens is 380 g/mol. The molecule has 1 saturated carbocycles. The van der Waals surface area contributed by atoms with E-state index in [2.05, 4.69) is 10.2 Å². The number of aromatic nitrogens is 1. The Morgan fingerprint density at radius 2 is 1.80 bits per heavy atom. The normalized spacial score (nSPS) is 25.6. The van der Waals surface area contributed by atoms with Crippen molar-refractivity contribution in [2.75, 3.05) is 26.2 Å². The van der Waals surface area contributed by atoms with Gasteiger partial charge in [-0.2, -0.15) is 0 Å². The number of carbonyl (C=O) groups excluding carboxylic acids is 2. The second-order valence-electron chi connectivity index (χ2n) is 9.48. The Bertz CT molecular complexity index is 764. The minimum Gasteiger partial charge on any atom is -0.393 e. The molecule has 1 aliphatic carbocycles. The molecule has 1 aromatic heterocycles. The van der Waals surface area contributed by atoms with Crippen molar-refractivity contribution < 1.29 is 14.7 Å². The maximum absolute atomic E-state index is 12.9. The van der Waals surface area contributed by atoms with Crippen LogP contribution in [0, 0.1) is 12.8 Å². The van der Waals surface area contributed by atoms with Crippen LogP contribution in [0.15, 0.2) is 12.3 Å². The molecule has 0 unspecified atom stereocenters. The van der Waals surface area contributed by atoms with E-state index in [1.807, 2.05) is 35.7 Å². The smallest absolute Gasteiger partial charge is 0.253 e. The maximum Gasteiger partial charge on any atom is 0.253 e. The van der Waals surface area contributed by atoms with Gasteiger partial charge in [0.2, 0.25) is 5.91 Å². The van der Waals surface area contributed by atoms with Crippen LogP contribution in [-0.4, -0.2) is 75.7 Å². The average Bonchev–Trinajstić information content (AvgIpc) is 3.39. The molecule has 1 aromatic rings. The largest absolute Gasteiger partial charge is 0.393 e. The predicted octanol–water partition coefficient (Wildman–Crippen LogP) is 1.68. The topological polar surface area (TPSA) is 77.8 Å². The predicted molar refractivity (Wildman–Crippen MR) is 115 cm³/mol. The molecule has 0 aromatic carbocycles. The maximum atomic E-state index is 12.9. The molecule has 7 heteroatoms. The van der Waals surface area contributed by atoms with Gasteiger partial charge in [-0.25, -0.2) is 0 Å². The number of carbonyl (C=O) groups is 2. The number of nitrogens with one attached hydrogen (secondary N) is 1. The molecule has 166 valence electrons. The van der Waals surface area contributed by atoms with Gasteiger partial charge in [-0.15, -0.1) is 0 Å². The van der Waals surface area contributed by atoms with Gasteiger partial charge in [0.15, 0.2) is 0 Å². The first-order valence-corrected chi connectivity index (χ1v) is 11.5. The Kier molecular flexibility index (Phi) is 6.48. The van der Waals surface area contributed by atoms with Gasteiger partial charge in [0.25, 0.3) is 5.91 Å². The SMILES string of the molecule is Cc1c(C(=O)NC[C@@H]2CC[C@H](CC(=O)N3CCC(O)CC3)N2CC2CC2)ccn1C. The minimum atomic E-state index is -0.256. The zero-order chi connectivity index (χ0) is 21.3. The van der Waals surface area contributed by atoms with Crippen molar-refractivity contribution >= 4 is 11.8 Å². The molecule has 3 heterocycles. The summed E-state index contributed by atoms with van der Waals surface area (Å²) in [5.74, 6) is 0.962. The van der Waals surface area contributed by atoms with E-state index in [4.69, 9.17) is 0 Å². The summed E-state index contributed by atoms with van der Waals surface area (Å²) in [7, 11) is 1.95. The fourth-order valence-corrected chi connectivity index (χ4v) is 4.95. The lowest BCUT2D eigenvalue weighted by molar-refractivity contribution is -0.134. The first-order chi connectivity index (χ1) is 14.4. The van der Waals surface area contributed by atoms with Crippen LogP contribution in [-0.2, 0) is 11.8 Å². The average molecular weight is 417 g/mol. The number of likely N-dealkylation sites (tertiary alicyclic amines) is 2. The van der Waals surface area contributed by atoms with E-state index in [-0.39, 0.29) is 24.0 Å². The minimum absolute atomic E-state index is 0.00845. The molecule has 3 fully saturated rings. The zero-order valence-electron chi connectivity index (χ0n) is 18.3.